The number of nitrogens with zero attached hydrogens (tertiary/aromatic N) is 2. The summed E-state index contributed by atoms with van der Waals surface area (Å²) in [5.74, 6) is 0.537. The molecule has 1 aromatic heterocycles. The second-order valence-electron chi connectivity index (χ2n) is 3.70. The molecule has 3 nitrogen and oxygen atoms in total. The van der Waals surface area contributed by atoms with Crippen LogP contribution in [-0.4, -0.2) is 16.1 Å². The van der Waals surface area contributed by atoms with E-state index in [1.54, 1.807) is 18.3 Å². The summed E-state index contributed by atoms with van der Waals surface area (Å²) in [6.45, 7) is 3.28. The van der Waals surface area contributed by atoms with E-state index >= 15 is 0 Å². The molecule has 0 radical (unpaired) electrons. The Bertz CT molecular complexity index is 510. The van der Waals surface area contributed by atoms with Gasteiger partial charge in [-0.2, -0.15) is 0 Å². The predicted molar refractivity (Wildman–Crippen MR) is 66.9 cm³/mol. The number of aryl methyl sites for hydroxylation is 1. The zero-order chi connectivity index (χ0) is 12.3. The van der Waals surface area contributed by atoms with Crippen LogP contribution in [0.4, 0.5) is 10.1 Å². The Balaban J connectivity index is 1.95. The summed E-state index contributed by atoms with van der Waals surface area (Å²) in [6.07, 6.45) is 3.64. The molecule has 0 saturated carbocycles. The Morgan fingerprint density at radius 2 is 2.29 bits per heavy atom. The molecule has 2 aromatic rings. The Morgan fingerprint density at radius 1 is 1.47 bits per heavy atom. The fraction of sp³-hybridized carbons (Fsp3) is 0.250. The number of benzene rings is 1. The maximum absolute atomic E-state index is 13.5. The Labute approximate surface area is 104 Å². The molecular formula is C12H13ClFN3. The van der Waals surface area contributed by atoms with E-state index in [9.17, 15) is 4.39 Å². The lowest BCUT2D eigenvalue weighted by atomic mass is 10.3. The van der Waals surface area contributed by atoms with Crippen molar-refractivity contribution in [2.24, 2.45) is 0 Å². The van der Waals surface area contributed by atoms with Crippen LogP contribution in [0.25, 0.3) is 0 Å². The van der Waals surface area contributed by atoms with Gasteiger partial charge in [-0.05, 0) is 19.1 Å². The van der Waals surface area contributed by atoms with Gasteiger partial charge in [0.2, 0.25) is 0 Å². The van der Waals surface area contributed by atoms with Crippen molar-refractivity contribution in [3.63, 3.8) is 0 Å². The molecular weight excluding hydrogens is 241 g/mol. The van der Waals surface area contributed by atoms with Gasteiger partial charge in [0.1, 0.15) is 5.82 Å². The fourth-order valence-corrected chi connectivity index (χ4v) is 1.77. The van der Waals surface area contributed by atoms with Gasteiger partial charge in [-0.25, -0.2) is 9.37 Å². The van der Waals surface area contributed by atoms with Gasteiger partial charge in [-0.3, -0.25) is 0 Å². The smallest absolute Gasteiger partial charge is 0.164 e. The van der Waals surface area contributed by atoms with Gasteiger partial charge < -0.3 is 9.88 Å². The lowest BCUT2D eigenvalue weighted by Gasteiger charge is -2.09. The second kappa shape index (κ2) is 5.19. The number of nitrogens with one attached hydrogen (secondary N) is 1. The van der Waals surface area contributed by atoms with E-state index < -0.39 is 5.82 Å². The Morgan fingerprint density at radius 3 is 3.00 bits per heavy atom. The first-order chi connectivity index (χ1) is 8.18. The zero-order valence-electron chi connectivity index (χ0n) is 9.45. The number of hydrogen-bond acceptors (Lipinski definition) is 2. The highest BCUT2D eigenvalue weighted by Gasteiger charge is 2.05. The van der Waals surface area contributed by atoms with Gasteiger partial charge in [0.25, 0.3) is 0 Å². The number of aromatic nitrogens is 2. The van der Waals surface area contributed by atoms with Crippen molar-refractivity contribution in [3.8, 4) is 0 Å². The molecule has 0 bridgehead atoms. The molecule has 0 aliphatic heterocycles. The molecule has 0 amide bonds. The highest BCUT2D eigenvalue weighted by Crippen LogP contribution is 2.21. The van der Waals surface area contributed by atoms with Crippen LogP contribution in [0.2, 0.25) is 5.02 Å². The molecule has 17 heavy (non-hydrogen) atoms. The average molecular weight is 254 g/mol. The summed E-state index contributed by atoms with van der Waals surface area (Å²) in [7, 11) is 0. The van der Waals surface area contributed by atoms with Crippen molar-refractivity contribution < 1.29 is 4.39 Å². The van der Waals surface area contributed by atoms with Crippen molar-refractivity contribution in [2.45, 2.75) is 13.5 Å². The van der Waals surface area contributed by atoms with E-state index in [1.807, 2.05) is 17.7 Å². The SMILES string of the molecule is Cc1nccn1CCNc1cccc(Cl)c1F. The van der Waals surface area contributed by atoms with Crippen LogP contribution in [0.15, 0.2) is 30.6 Å². The monoisotopic (exact) mass is 253 g/mol. The largest absolute Gasteiger partial charge is 0.381 e. The summed E-state index contributed by atoms with van der Waals surface area (Å²) in [6, 6.07) is 4.92. The lowest BCUT2D eigenvalue weighted by molar-refractivity contribution is 0.627. The van der Waals surface area contributed by atoms with E-state index in [0.29, 0.717) is 12.2 Å². The van der Waals surface area contributed by atoms with Gasteiger partial charge in [0.15, 0.2) is 5.82 Å². The molecule has 0 spiro atoms. The molecule has 0 aliphatic carbocycles. The molecule has 1 aromatic carbocycles. The summed E-state index contributed by atoms with van der Waals surface area (Å²) < 4.78 is 15.5. The van der Waals surface area contributed by atoms with Gasteiger partial charge in [-0.1, -0.05) is 17.7 Å². The third-order valence-electron chi connectivity index (χ3n) is 2.54. The van der Waals surface area contributed by atoms with E-state index in [-0.39, 0.29) is 5.02 Å². The van der Waals surface area contributed by atoms with Crippen LogP contribution >= 0.6 is 11.6 Å². The van der Waals surface area contributed by atoms with Crippen molar-refractivity contribution in [1.82, 2.24) is 9.55 Å². The molecule has 0 fully saturated rings. The minimum absolute atomic E-state index is 0.133. The molecule has 0 unspecified atom stereocenters. The first-order valence-electron chi connectivity index (χ1n) is 5.34. The zero-order valence-corrected chi connectivity index (χ0v) is 10.2. The highest BCUT2D eigenvalue weighted by molar-refractivity contribution is 6.31. The van der Waals surface area contributed by atoms with Gasteiger partial charge in [0, 0.05) is 25.5 Å². The highest BCUT2D eigenvalue weighted by atomic mass is 35.5. The van der Waals surface area contributed by atoms with E-state index in [4.69, 9.17) is 11.6 Å². The third kappa shape index (κ3) is 2.77. The van der Waals surface area contributed by atoms with Crippen LogP contribution in [0.5, 0.6) is 0 Å². The number of rotatable bonds is 4. The maximum atomic E-state index is 13.5. The quantitative estimate of drug-likeness (QED) is 0.908. The number of hydrogen-bond donors (Lipinski definition) is 1. The maximum Gasteiger partial charge on any atom is 0.164 e. The minimum Gasteiger partial charge on any atom is -0.381 e. The standard InChI is InChI=1S/C12H13ClFN3/c1-9-15-5-7-17(9)8-6-16-11-4-2-3-10(13)12(11)14/h2-5,7,16H,6,8H2,1H3. The van der Waals surface area contributed by atoms with Crippen molar-refractivity contribution in [2.75, 3.05) is 11.9 Å². The van der Waals surface area contributed by atoms with Gasteiger partial charge >= 0.3 is 0 Å². The van der Waals surface area contributed by atoms with E-state index in [2.05, 4.69) is 10.3 Å². The van der Waals surface area contributed by atoms with Crippen molar-refractivity contribution in [3.05, 3.63) is 47.3 Å². The summed E-state index contributed by atoms with van der Waals surface area (Å²) >= 11 is 5.69. The van der Waals surface area contributed by atoms with Crippen molar-refractivity contribution in [1.29, 1.82) is 0 Å². The molecule has 2 rings (SSSR count). The first-order valence-corrected chi connectivity index (χ1v) is 5.72. The van der Waals surface area contributed by atoms with Gasteiger partial charge in [-0.15, -0.1) is 0 Å². The van der Waals surface area contributed by atoms with E-state index in [1.165, 1.54) is 6.07 Å². The molecule has 90 valence electrons. The topological polar surface area (TPSA) is 29.9 Å². The molecule has 0 aliphatic rings. The van der Waals surface area contributed by atoms with E-state index in [0.717, 1.165) is 12.4 Å². The van der Waals surface area contributed by atoms with Crippen molar-refractivity contribution >= 4 is 17.3 Å². The predicted octanol–water partition coefficient (Wildman–Crippen LogP) is 3.10. The lowest BCUT2D eigenvalue weighted by Crippen LogP contribution is -2.11. The molecule has 1 heterocycles. The fourth-order valence-electron chi connectivity index (χ4n) is 1.59. The molecule has 0 saturated heterocycles. The molecule has 0 atom stereocenters. The summed E-state index contributed by atoms with van der Waals surface area (Å²) in [5, 5.41) is 3.14. The van der Waals surface area contributed by atoms with Crippen LogP contribution in [0.3, 0.4) is 0 Å². The summed E-state index contributed by atoms with van der Waals surface area (Å²) in [4.78, 5) is 4.11. The Hall–Kier alpha value is -1.55. The molecule has 5 heteroatoms. The van der Waals surface area contributed by atoms with Crippen LogP contribution in [0, 0.1) is 12.7 Å². The number of halogens is 2. The van der Waals surface area contributed by atoms with Crippen LogP contribution < -0.4 is 5.32 Å². The van der Waals surface area contributed by atoms with Crippen LogP contribution in [0.1, 0.15) is 5.82 Å². The summed E-state index contributed by atoms with van der Waals surface area (Å²) in [5.41, 5.74) is 0.426. The molecule has 1 N–H and O–H groups in total. The first kappa shape index (κ1) is 11.9. The normalized spacial score (nSPS) is 10.5. The second-order valence-corrected chi connectivity index (χ2v) is 4.10. The Kier molecular flexibility index (Phi) is 3.64. The number of imidazole rings is 1. The number of anilines is 1. The average Bonchev–Trinajstić information content (AvgIpc) is 2.71. The minimum atomic E-state index is -0.406. The van der Waals surface area contributed by atoms with Crippen LogP contribution in [-0.2, 0) is 6.54 Å². The third-order valence-corrected chi connectivity index (χ3v) is 2.84. The van der Waals surface area contributed by atoms with Gasteiger partial charge in [0.05, 0.1) is 10.7 Å².